The van der Waals surface area contributed by atoms with E-state index in [0.717, 1.165) is 5.75 Å². The molecule has 0 N–H and O–H groups in total. The number of hydrogen-bond donors (Lipinski definition) is 0. The van der Waals surface area contributed by atoms with Crippen molar-refractivity contribution in [1.29, 1.82) is 0 Å². The molecule has 0 aromatic heterocycles. The molecule has 13 heavy (non-hydrogen) atoms. The number of nitrogens with zero attached hydrogens (tertiary/aromatic N) is 1. The van der Waals surface area contributed by atoms with Crippen LogP contribution in [0.2, 0.25) is 0 Å². The van der Waals surface area contributed by atoms with Gasteiger partial charge in [-0.2, -0.15) is 0 Å². The van der Waals surface area contributed by atoms with Crippen LogP contribution in [-0.4, -0.2) is 20.2 Å². The van der Waals surface area contributed by atoms with Crippen LogP contribution in [0.3, 0.4) is 0 Å². The number of hydrogen-bond acceptors (Lipinski definition) is 2. The van der Waals surface area contributed by atoms with Gasteiger partial charge in [0, 0.05) is 19.8 Å². The summed E-state index contributed by atoms with van der Waals surface area (Å²) in [5.74, 6) is 0.931. The number of rotatable bonds is 3. The Morgan fingerprint density at radius 2 is 1.62 bits per heavy atom. The van der Waals surface area contributed by atoms with Crippen LogP contribution in [0.1, 0.15) is 13.8 Å². The van der Waals surface area contributed by atoms with Gasteiger partial charge in [-0.25, -0.2) is 0 Å². The summed E-state index contributed by atoms with van der Waals surface area (Å²) in [6, 6.07) is 8.10. The van der Waals surface area contributed by atoms with Gasteiger partial charge in [-0.05, 0) is 38.1 Å². The smallest absolute Gasteiger partial charge is 0.119 e. The summed E-state index contributed by atoms with van der Waals surface area (Å²) in [7, 11) is 4.05. The molecule has 0 radical (unpaired) electrons. The van der Waals surface area contributed by atoms with Crippen LogP contribution in [0.4, 0.5) is 5.69 Å². The monoisotopic (exact) mass is 179 g/mol. The van der Waals surface area contributed by atoms with Crippen molar-refractivity contribution >= 4 is 5.69 Å². The van der Waals surface area contributed by atoms with E-state index >= 15 is 0 Å². The average Bonchev–Trinajstić information content (AvgIpc) is 2.04. The first-order valence-corrected chi connectivity index (χ1v) is 4.53. The van der Waals surface area contributed by atoms with Gasteiger partial charge in [0.1, 0.15) is 5.75 Å². The Kier molecular flexibility index (Phi) is 3.18. The van der Waals surface area contributed by atoms with Crippen LogP contribution in [0.15, 0.2) is 24.3 Å². The van der Waals surface area contributed by atoms with Gasteiger partial charge in [0.2, 0.25) is 0 Å². The summed E-state index contributed by atoms with van der Waals surface area (Å²) in [4.78, 5) is 2.07. The molecular formula is C11H17NO. The first-order valence-electron chi connectivity index (χ1n) is 4.53. The minimum absolute atomic E-state index is 0.241. The molecule has 0 aliphatic carbocycles. The normalized spacial score (nSPS) is 10.2. The lowest BCUT2D eigenvalue weighted by Crippen LogP contribution is -2.09. The van der Waals surface area contributed by atoms with Crippen molar-refractivity contribution in [3.8, 4) is 5.75 Å². The lowest BCUT2D eigenvalue weighted by molar-refractivity contribution is 0.242. The minimum Gasteiger partial charge on any atom is -0.491 e. The molecule has 0 spiro atoms. The fourth-order valence-electron chi connectivity index (χ4n) is 1.10. The van der Waals surface area contributed by atoms with Gasteiger partial charge in [-0.3, -0.25) is 0 Å². The Balaban J connectivity index is 2.70. The molecule has 1 aromatic carbocycles. The van der Waals surface area contributed by atoms with E-state index in [1.165, 1.54) is 5.69 Å². The minimum atomic E-state index is 0.241. The zero-order chi connectivity index (χ0) is 9.84. The molecule has 72 valence electrons. The first-order chi connectivity index (χ1) is 6.09. The van der Waals surface area contributed by atoms with Crippen molar-refractivity contribution in [2.24, 2.45) is 0 Å². The van der Waals surface area contributed by atoms with Crippen molar-refractivity contribution in [3.63, 3.8) is 0 Å². The SMILES string of the molecule is CC(C)Oc1ccc(N(C)C)cc1. The van der Waals surface area contributed by atoms with Gasteiger partial charge in [-0.1, -0.05) is 0 Å². The molecule has 1 rings (SSSR count). The maximum absolute atomic E-state index is 5.53. The Hall–Kier alpha value is -1.18. The lowest BCUT2D eigenvalue weighted by Gasteiger charge is -2.14. The van der Waals surface area contributed by atoms with E-state index in [2.05, 4.69) is 17.0 Å². The van der Waals surface area contributed by atoms with E-state index < -0.39 is 0 Å². The van der Waals surface area contributed by atoms with Crippen molar-refractivity contribution in [3.05, 3.63) is 24.3 Å². The molecule has 0 saturated carbocycles. The maximum atomic E-state index is 5.53. The van der Waals surface area contributed by atoms with E-state index in [1.54, 1.807) is 0 Å². The van der Waals surface area contributed by atoms with Gasteiger partial charge in [0.25, 0.3) is 0 Å². The molecule has 0 unspecified atom stereocenters. The fourth-order valence-corrected chi connectivity index (χ4v) is 1.10. The predicted molar refractivity (Wildman–Crippen MR) is 56.5 cm³/mol. The zero-order valence-corrected chi connectivity index (χ0v) is 8.74. The lowest BCUT2D eigenvalue weighted by atomic mass is 10.3. The zero-order valence-electron chi connectivity index (χ0n) is 8.74. The van der Waals surface area contributed by atoms with Crippen molar-refractivity contribution < 1.29 is 4.74 Å². The van der Waals surface area contributed by atoms with Crippen molar-refractivity contribution in [2.45, 2.75) is 20.0 Å². The van der Waals surface area contributed by atoms with Gasteiger partial charge in [0.05, 0.1) is 6.10 Å². The number of benzene rings is 1. The Morgan fingerprint density at radius 3 is 2.00 bits per heavy atom. The summed E-state index contributed by atoms with van der Waals surface area (Å²) < 4.78 is 5.53. The predicted octanol–water partition coefficient (Wildman–Crippen LogP) is 2.54. The third-order valence-electron chi connectivity index (χ3n) is 1.72. The Labute approximate surface area is 80.1 Å². The second-order valence-electron chi connectivity index (χ2n) is 3.55. The maximum Gasteiger partial charge on any atom is 0.119 e. The molecule has 0 atom stereocenters. The van der Waals surface area contributed by atoms with Crippen LogP contribution >= 0.6 is 0 Å². The quantitative estimate of drug-likeness (QED) is 0.707. The molecule has 2 nitrogen and oxygen atoms in total. The van der Waals surface area contributed by atoms with Crippen LogP contribution < -0.4 is 9.64 Å². The van der Waals surface area contributed by atoms with E-state index in [-0.39, 0.29) is 6.10 Å². The molecule has 0 saturated heterocycles. The molecule has 2 heteroatoms. The van der Waals surface area contributed by atoms with Crippen LogP contribution in [0, 0.1) is 0 Å². The Bertz CT molecular complexity index is 251. The third kappa shape index (κ3) is 2.98. The Morgan fingerprint density at radius 1 is 1.08 bits per heavy atom. The van der Waals surface area contributed by atoms with Gasteiger partial charge in [-0.15, -0.1) is 0 Å². The fraction of sp³-hybridized carbons (Fsp3) is 0.455. The van der Waals surface area contributed by atoms with E-state index in [0.29, 0.717) is 0 Å². The van der Waals surface area contributed by atoms with Crippen LogP contribution in [-0.2, 0) is 0 Å². The van der Waals surface area contributed by atoms with E-state index in [1.807, 2.05) is 40.1 Å². The van der Waals surface area contributed by atoms with E-state index in [4.69, 9.17) is 4.74 Å². The number of ether oxygens (including phenoxy) is 1. The second-order valence-corrected chi connectivity index (χ2v) is 3.55. The highest BCUT2D eigenvalue weighted by Gasteiger charge is 1.98. The van der Waals surface area contributed by atoms with Gasteiger partial charge < -0.3 is 9.64 Å². The molecule has 0 amide bonds. The highest BCUT2D eigenvalue weighted by atomic mass is 16.5. The largest absolute Gasteiger partial charge is 0.491 e. The molecule has 1 aromatic rings. The highest BCUT2D eigenvalue weighted by molar-refractivity contribution is 5.47. The molecule has 0 bridgehead atoms. The average molecular weight is 179 g/mol. The highest BCUT2D eigenvalue weighted by Crippen LogP contribution is 2.18. The molecule has 0 heterocycles. The molecule has 0 fully saturated rings. The third-order valence-corrected chi connectivity index (χ3v) is 1.72. The van der Waals surface area contributed by atoms with Crippen molar-refractivity contribution in [1.82, 2.24) is 0 Å². The van der Waals surface area contributed by atoms with Crippen LogP contribution in [0.25, 0.3) is 0 Å². The first kappa shape index (κ1) is 9.90. The summed E-state index contributed by atoms with van der Waals surface area (Å²) >= 11 is 0. The molecule has 0 aliphatic heterocycles. The van der Waals surface area contributed by atoms with E-state index in [9.17, 15) is 0 Å². The molecule has 0 aliphatic rings. The summed E-state index contributed by atoms with van der Waals surface area (Å²) in [6.45, 7) is 4.06. The van der Waals surface area contributed by atoms with Crippen LogP contribution in [0.5, 0.6) is 5.75 Å². The van der Waals surface area contributed by atoms with Crippen molar-refractivity contribution in [2.75, 3.05) is 19.0 Å². The van der Waals surface area contributed by atoms with Gasteiger partial charge >= 0.3 is 0 Å². The summed E-state index contributed by atoms with van der Waals surface area (Å²) in [5, 5.41) is 0. The summed E-state index contributed by atoms with van der Waals surface area (Å²) in [6.07, 6.45) is 0.241. The topological polar surface area (TPSA) is 12.5 Å². The standard InChI is InChI=1S/C11H17NO/c1-9(2)13-11-7-5-10(6-8-11)12(3)4/h5-9H,1-4H3. The summed E-state index contributed by atoms with van der Waals surface area (Å²) in [5.41, 5.74) is 1.19. The van der Waals surface area contributed by atoms with Gasteiger partial charge in [0.15, 0.2) is 0 Å². The second kappa shape index (κ2) is 4.17. The molecular weight excluding hydrogens is 162 g/mol. The number of anilines is 1.